The second-order valence-electron chi connectivity index (χ2n) is 4.30. The van der Waals surface area contributed by atoms with E-state index in [1.807, 2.05) is 6.92 Å². The highest BCUT2D eigenvalue weighted by atomic mass is 15.1. The molecule has 2 rings (SSSR count). The first kappa shape index (κ1) is 10.9. The Balaban J connectivity index is 2.49. The zero-order valence-corrected chi connectivity index (χ0v) is 9.70. The highest BCUT2D eigenvalue weighted by molar-refractivity contribution is 5.77. The number of nitrogens with zero attached hydrogens (tertiary/aromatic N) is 3. The van der Waals surface area contributed by atoms with Crippen molar-refractivity contribution in [3.05, 3.63) is 17.0 Å². The minimum atomic E-state index is 0.00297. The van der Waals surface area contributed by atoms with Crippen LogP contribution in [0.5, 0.6) is 0 Å². The average Bonchev–Trinajstić information content (AvgIpc) is 2.15. The molecule has 0 aliphatic heterocycles. The zero-order chi connectivity index (χ0) is 11.7. The Hall–Kier alpha value is -1.65. The number of guanidine groups is 1. The molecule has 16 heavy (non-hydrogen) atoms. The molecule has 1 aromatic rings. The molecule has 0 amide bonds. The summed E-state index contributed by atoms with van der Waals surface area (Å²) >= 11 is 0. The quantitative estimate of drug-likeness (QED) is 0.547. The molecule has 1 atom stereocenters. The average molecular weight is 219 g/mol. The number of aromatic nitrogens is 2. The van der Waals surface area contributed by atoms with Crippen LogP contribution in [0.4, 0.5) is 5.95 Å². The van der Waals surface area contributed by atoms with Crippen LogP contribution >= 0.6 is 0 Å². The van der Waals surface area contributed by atoms with Gasteiger partial charge in [-0.1, -0.05) is 6.92 Å². The van der Waals surface area contributed by atoms with Crippen LogP contribution in [0, 0.1) is 6.92 Å². The monoisotopic (exact) mass is 219 g/mol. The van der Waals surface area contributed by atoms with Crippen molar-refractivity contribution >= 4 is 11.9 Å². The van der Waals surface area contributed by atoms with E-state index in [0.717, 1.165) is 17.8 Å². The molecule has 0 spiro atoms. The van der Waals surface area contributed by atoms with Gasteiger partial charge < -0.3 is 11.5 Å². The molecule has 1 aromatic heterocycles. The van der Waals surface area contributed by atoms with Crippen molar-refractivity contribution in [1.29, 1.82) is 0 Å². The zero-order valence-electron chi connectivity index (χ0n) is 9.70. The molecule has 0 saturated carbocycles. The van der Waals surface area contributed by atoms with Crippen LogP contribution < -0.4 is 11.5 Å². The number of aliphatic imine (C=N–C) groups is 1. The number of hydrogen-bond donors (Lipinski definition) is 2. The molecule has 1 aliphatic carbocycles. The predicted octanol–water partition coefficient (Wildman–Crippen LogP) is 1.13. The molecule has 5 heteroatoms. The second-order valence-corrected chi connectivity index (χ2v) is 4.30. The van der Waals surface area contributed by atoms with Gasteiger partial charge in [0.15, 0.2) is 5.96 Å². The van der Waals surface area contributed by atoms with Crippen molar-refractivity contribution in [2.75, 3.05) is 0 Å². The lowest BCUT2D eigenvalue weighted by Gasteiger charge is -2.22. The van der Waals surface area contributed by atoms with Crippen molar-refractivity contribution in [3.63, 3.8) is 0 Å². The van der Waals surface area contributed by atoms with E-state index >= 15 is 0 Å². The van der Waals surface area contributed by atoms with Crippen molar-refractivity contribution in [2.45, 2.75) is 39.0 Å². The molecule has 0 bridgehead atoms. The lowest BCUT2D eigenvalue weighted by Crippen LogP contribution is -2.22. The van der Waals surface area contributed by atoms with Gasteiger partial charge in [0.05, 0.1) is 0 Å². The maximum Gasteiger partial charge on any atom is 0.253 e. The minimum Gasteiger partial charge on any atom is -0.370 e. The molecule has 1 unspecified atom stereocenters. The largest absolute Gasteiger partial charge is 0.370 e. The molecule has 0 saturated heterocycles. The molecule has 4 N–H and O–H groups in total. The van der Waals surface area contributed by atoms with Gasteiger partial charge in [-0.3, -0.25) is 0 Å². The first-order chi connectivity index (χ1) is 7.58. The summed E-state index contributed by atoms with van der Waals surface area (Å²) < 4.78 is 0. The Morgan fingerprint density at radius 2 is 2.12 bits per heavy atom. The van der Waals surface area contributed by atoms with E-state index in [1.54, 1.807) is 0 Å². The lowest BCUT2D eigenvalue weighted by atomic mass is 9.86. The smallest absolute Gasteiger partial charge is 0.253 e. The Labute approximate surface area is 95.0 Å². The first-order valence-corrected chi connectivity index (χ1v) is 5.55. The molecule has 5 nitrogen and oxygen atoms in total. The molecule has 86 valence electrons. The maximum atomic E-state index is 5.33. The molecule has 1 aliphatic rings. The van der Waals surface area contributed by atoms with Crippen LogP contribution in [-0.2, 0) is 6.42 Å². The van der Waals surface area contributed by atoms with Gasteiger partial charge in [0.2, 0.25) is 0 Å². The standard InChI is InChI=1S/C11H17N5/c1-6-4-3-5-8-9(6)7(2)14-11(15-8)16-10(12)13/h6H,3-5H2,1-2H3,(H4,12,13,14,15,16). The van der Waals surface area contributed by atoms with Crippen molar-refractivity contribution in [2.24, 2.45) is 16.5 Å². The Bertz CT molecular complexity index is 434. The molecule has 0 radical (unpaired) electrons. The van der Waals surface area contributed by atoms with Gasteiger partial charge in [0.1, 0.15) is 0 Å². The summed E-state index contributed by atoms with van der Waals surface area (Å²) in [7, 11) is 0. The third-order valence-electron chi connectivity index (χ3n) is 2.98. The van der Waals surface area contributed by atoms with E-state index in [1.165, 1.54) is 18.4 Å². The van der Waals surface area contributed by atoms with E-state index in [-0.39, 0.29) is 5.96 Å². The normalized spacial score (nSPS) is 19.0. The Morgan fingerprint density at radius 1 is 1.38 bits per heavy atom. The Morgan fingerprint density at radius 3 is 2.81 bits per heavy atom. The van der Waals surface area contributed by atoms with Crippen LogP contribution in [0.25, 0.3) is 0 Å². The lowest BCUT2D eigenvalue weighted by molar-refractivity contribution is 0.571. The van der Waals surface area contributed by atoms with Crippen LogP contribution in [0.2, 0.25) is 0 Å². The van der Waals surface area contributed by atoms with Gasteiger partial charge in [-0.15, -0.1) is 0 Å². The second kappa shape index (κ2) is 4.08. The molecular weight excluding hydrogens is 202 g/mol. The van der Waals surface area contributed by atoms with E-state index in [2.05, 4.69) is 21.9 Å². The fraction of sp³-hybridized carbons (Fsp3) is 0.545. The SMILES string of the molecule is Cc1nc(N=C(N)N)nc2c1C(C)CCC2. The fourth-order valence-corrected chi connectivity index (χ4v) is 2.34. The van der Waals surface area contributed by atoms with Crippen molar-refractivity contribution in [3.8, 4) is 0 Å². The molecular formula is C11H17N5. The van der Waals surface area contributed by atoms with Crippen LogP contribution in [-0.4, -0.2) is 15.9 Å². The molecule has 0 fully saturated rings. The first-order valence-electron chi connectivity index (χ1n) is 5.55. The van der Waals surface area contributed by atoms with Gasteiger partial charge in [-0.2, -0.15) is 4.99 Å². The van der Waals surface area contributed by atoms with Gasteiger partial charge in [0, 0.05) is 11.4 Å². The van der Waals surface area contributed by atoms with E-state index < -0.39 is 0 Å². The predicted molar refractivity (Wildman–Crippen MR) is 63.6 cm³/mol. The number of hydrogen-bond acceptors (Lipinski definition) is 3. The molecule has 1 heterocycles. The minimum absolute atomic E-state index is 0.00297. The third-order valence-corrected chi connectivity index (χ3v) is 2.98. The third kappa shape index (κ3) is 1.98. The van der Waals surface area contributed by atoms with E-state index in [0.29, 0.717) is 11.9 Å². The van der Waals surface area contributed by atoms with E-state index in [9.17, 15) is 0 Å². The summed E-state index contributed by atoms with van der Waals surface area (Å²) in [5, 5.41) is 0. The maximum absolute atomic E-state index is 5.33. The summed E-state index contributed by atoms with van der Waals surface area (Å²) in [4.78, 5) is 12.6. The number of rotatable bonds is 1. The number of aryl methyl sites for hydroxylation is 2. The summed E-state index contributed by atoms with van der Waals surface area (Å²) in [5.41, 5.74) is 14.0. The summed E-state index contributed by atoms with van der Waals surface area (Å²) in [6.07, 6.45) is 3.38. The van der Waals surface area contributed by atoms with Gasteiger partial charge >= 0.3 is 0 Å². The van der Waals surface area contributed by atoms with Gasteiger partial charge in [-0.05, 0) is 37.7 Å². The van der Waals surface area contributed by atoms with Crippen molar-refractivity contribution < 1.29 is 0 Å². The summed E-state index contributed by atoms with van der Waals surface area (Å²) in [6.45, 7) is 4.21. The van der Waals surface area contributed by atoms with Gasteiger partial charge in [-0.25, -0.2) is 9.97 Å². The topological polar surface area (TPSA) is 90.2 Å². The van der Waals surface area contributed by atoms with Crippen LogP contribution in [0.15, 0.2) is 4.99 Å². The van der Waals surface area contributed by atoms with Crippen LogP contribution in [0.3, 0.4) is 0 Å². The van der Waals surface area contributed by atoms with E-state index in [4.69, 9.17) is 11.5 Å². The highest BCUT2D eigenvalue weighted by Crippen LogP contribution is 2.32. The van der Waals surface area contributed by atoms with Crippen LogP contribution in [0.1, 0.15) is 42.6 Å². The molecule has 0 aromatic carbocycles. The summed E-state index contributed by atoms with van der Waals surface area (Å²) in [5.74, 6) is 0.922. The highest BCUT2D eigenvalue weighted by Gasteiger charge is 2.21. The van der Waals surface area contributed by atoms with Gasteiger partial charge in [0.25, 0.3) is 5.95 Å². The van der Waals surface area contributed by atoms with Crippen molar-refractivity contribution in [1.82, 2.24) is 9.97 Å². The Kier molecular flexibility index (Phi) is 2.77. The fourth-order valence-electron chi connectivity index (χ4n) is 2.34. The number of nitrogens with two attached hydrogens (primary N) is 2. The number of fused-ring (bicyclic) bond motifs is 1. The summed E-state index contributed by atoms with van der Waals surface area (Å²) in [6, 6.07) is 0.